The molecule has 7 nitrogen and oxygen atoms in total. The van der Waals surface area contributed by atoms with Crippen molar-refractivity contribution < 1.29 is 4.74 Å². The summed E-state index contributed by atoms with van der Waals surface area (Å²) in [6.07, 6.45) is 0.596. The Morgan fingerprint density at radius 3 is 3.00 bits per heavy atom. The summed E-state index contributed by atoms with van der Waals surface area (Å²) in [5, 5.41) is 2.01. The number of anilines is 1. The minimum Gasteiger partial charge on any atom is -0.369 e. The van der Waals surface area contributed by atoms with Crippen molar-refractivity contribution in [3.63, 3.8) is 0 Å². The largest absolute Gasteiger partial charge is 0.369 e. The van der Waals surface area contributed by atoms with Gasteiger partial charge >= 0.3 is 0 Å². The van der Waals surface area contributed by atoms with Crippen molar-refractivity contribution in [2.75, 3.05) is 12.3 Å². The first-order chi connectivity index (χ1) is 10.6. The van der Waals surface area contributed by atoms with E-state index in [1.54, 1.807) is 15.9 Å². The summed E-state index contributed by atoms with van der Waals surface area (Å²) in [7, 11) is 0. The summed E-state index contributed by atoms with van der Waals surface area (Å²) in [5.41, 5.74) is 6.02. The number of rotatable bonds is 5. The number of nitrogens with one attached hydrogen (secondary N) is 1. The maximum atomic E-state index is 12.0. The molecule has 0 radical (unpaired) electrons. The quantitative estimate of drug-likeness (QED) is 0.702. The second kappa shape index (κ2) is 6.19. The first-order valence-electron chi connectivity index (χ1n) is 6.64. The van der Waals surface area contributed by atoms with Gasteiger partial charge in [-0.3, -0.25) is 14.3 Å². The summed E-state index contributed by atoms with van der Waals surface area (Å²) in [6.45, 7) is 2.75. The van der Waals surface area contributed by atoms with Crippen LogP contribution in [-0.2, 0) is 17.9 Å². The third kappa shape index (κ3) is 2.92. The molecule has 3 aromatic rings. The zero-order chi connectivity index (χ0) is 15.7. The van der Waals surface area contributed by atoms with Crippen LogP contribution in [0.15, 0.2) is 20.7 Å². The fourth-order valence-electron chi connectivity index (χ4n) is 2.13. The first-order valence-corrected chi connectivity index (χ1v) is 8.31. The van der Waals surface area contributed by atoms with E-state index in [1.165, 1.54) is 0 Å². The van der Waals surface area contributed by atoms with Crippen LogP contribution in [0.2, 0.25) is 0 Å². The fourth-order valence-corrected chi connectivity index (χ4v) is 3.58. The van der Waals surface area contributed by atoms with Gasteiger partial charge in [-0.15, -0.1) is 11.3 Å². The van der Waals surface area contributed by atoms with E-state index in [0.717, 1.165) is 15.2 Å². The number of aromatic amines is 1. The van der Waals surface area contributed by atoms with Crippen LogP contribution in [0.3, 0.4) is 0 Å². The number of fused-ring (bicyclic) bond motifs is 1. The van der Waals surface area contributed by atoms with E-state index in [1.807, 2.05) is 18.4 Å². The number of H-pyrrole nitrogens is 1. The standard InChI is InChI=1S/C13H14BrN5O2S/c1-2-21-6-19-9(4-8-3-7(14)5-22-8)16-10-11(19)17-13(15)18-12(10)20/h3,5H,2,4,6H2,1H3,(H3,15,17,18,20). The van der Waals surface area contributed by atoms with E-state index in [4.69, 9.17) is 10.5 Å². The van der Waals surface area contributed by atoms with E-state index in [9.17, 15) is 4.79 Å². The SMILES string of the molecule is CCOCn1c(Cc2cc(Br)cs2)nc2c(=O)[nH]c(N)nc21. The Kier molecular flexibility index (Phi) is 4.27. The van der Waals surface area contributed by atoms with Crippen molar-refractivity contribution in [2.45, 2.75) is 20.1 Å². The molecule has 3 heterocycles. The molecule has 9 heteroatoms. The highest BCUT2D eigenvalue weighted by molar-refractivity contribution is 9.10. The molecular weight excluding hydrogens is 370 g/mol. The third-order valence-corrected chi connectivity index (χ3v) is 4.78. The number of imidazole rings is 1. The number of aromatic nitrogens is 4. The van der Waals surface area contributed by atoms with Gasteiger partial charge in [0.15, 0.2) is 11.2 Å². The lowest BCUT2D eigenvalue weighted by Crippen LogP contribution is -2.13. The molecule has 0 aliphatic rings. The Morgan fingerprint density at radius 2 is 2.32 bits per heavy atom. The first kappa shape index (κ1) is 15.2. The van der Waals surface area contributed by atoms with Crippen LogP contribution in [0.4, 0.5) is 5.95 Å². The zero-order valence-electron chi connectivity index (χ0n) is 11.8. The molecule has 0 aromatic carbocycles. The number of thiophene rings is 1. The number of nitrogens with two attached hydrogens (primary N) is 1. The predicted octanol–water partition coefficient (Wildman–Crippen LogP) is 2.11. The maximum absolute atomic E-state index is 12.0. The average molecular weight is 384 g/mol. The minimum absolute atomic E-state index is 0.0700. The predicted molar refractivity (Wildman–Crippen MR) is 89.0 cm³/mol. The van der Waals surface area contributed by atoms with E-state index >= 15 is 0 Å². The van der Waals surface area contributed by atoms with Crippen molar-refractivity contribution in [2.24, 2.45) is 0 Å². The normalized spacial score (nSPS) is 11.4. The molecule has 0 aliphatic heterocycles. The molecule has 3 aromatic heterocycles. The highest BCUT2D eigenvalue weighted by Crippen LogP contribution is 2.23. The van der Waals surface area contributed by atoms with Crippen molar-refractivity contribution in [3.05, 3.63) is 37.0 Å². The summed E-state index contributed by atoms with van der Waals surface area (Å²) < 4.78 is 8.29. The Labute approximate surface area is 138 Å². The van der Waals surface area contributed by atoms with Gasteiger partial charge in [-0.1, -0.05) is 0 Å². The Hall–Kier alpha value is -1.71. The maximum Gasteiger partial charge on any atom is 0.280 e. The molecule has 0 bridgehead atoms. The Balaban J connectivity index is 2.10. The lowest BCUT2D eigenvalue weighted by Gasteiger charge is -2.07. The Morgan fingerprint density at radius 1 is 1.50 bits per heavy atom. The van der Waals surface area contributed by atoms with Crippen LogP contribution < -0.4 is 11.3 Å². The third-order valence-electron chi connectivity index (χ3n) is 3.08. The second-order valence-corrected chi connectivity index (χ2v) is 6.52. The van der Waals surface area contributed by atoms with Gasteiger partial charge in [0.1, 0.15) is 12.6 Å². The molecule has 0 saturated heterocycles. The van der Waals surface area contributed by atoms with Gasteiger partial charge in [-0.25, -0.2) is 4.98 Å². The van der Waals surface area contributed by atoms with Gasteiger partial charge in [0, 0.05) is 27.8 Å². The number of hydrogen-bond donors (Lipinski definition) is 2. The molecule has 0 atom stereocenters. The minimum atomic E-state index is -0.341. The second-order valence-electron chi connectivity index (χ2n) is 4.61. The monoisotopic (exact) mass is 383 g/mol. The number of nitrogen functional groups attached to an aromatic ring is 1. The average Bonchev–Trinajstić information content (AvgIpc) is 3.01. The molecular formula is C13H14BrN5O2S. The molecule has 0 spiro atoms. The smallest absolute Gasteiger partial charge is 0.280 e. The molecule has 0 fully saturated rings. The van der Waals surface area contributed by atoms with Crippen LogP contribution in [0.1, 0.15) is 17.6 Å². The summed E-state index contributed by atoms with van der Waals surface area (Å²) in [4.78, 5) is 24.2. The zero-order valence-corrected chi connectivity index (χ0v) is 14.2. The van der Waals surface area contributed by atoms with Gasteiger partial charge in [0.05, 0.1) is 0 Å². The molecule has 0 saturated carbocycles. The highest BCUT2D eigenvalue weighted by atomic mass is 79.9. The van der Waals surface area contributed by atoms with Crippen LogP contribution in [0, 0.1) is 0 Å². The van der Waals surface area contributed by atoms with Gasteiger partial charge in [-0.05, 0) is 28.9 Å². The molecule has 22 heavy (non-hydrogen) atoms. The lowest BCUT2D eigenvalue weighted by atomic mass is 10.3. The topological polar surface area (TPSA) is 98.8 Å². The number of halogens is 1. The molecule has 116 valence electrons. The van der Waals surface area contributed by atoms with Gasteiger partial charge in [0.25, 0.3) is 5.56 Å². The Bertz CT molecular complexity index is 869. The van der Waals surface area contributed by atoms with Crippen molar-refractivity contribution >= 4 is 44.4 Å². The molecule has 3 rings (SSSR count). The van der Waals surface area contributed by atoms with E-state index in [-0.39, 0.29) is 23.8 Å². The number of hydrogen-bond acceptors (Lipinski definition) is 6. The summed E-state index contributed by atoms with van der Waals surface area (Å²) >= 11 is 5.06. The van der Waals surface area contributed by atoms with Crippen LogP contribution >= 0.6 is 27.3 Å². The fraction of sp³-hybridized carbons (Fsp3) is 0.308. The van der Waals surface area contributed by atoms with Crippen LogP contribution in [-0.4, -0.2) is 26.1 Å². The van der Waals surface area contributed by atoms with Crippen molar-refractivity contribution in [3.8, 4) is 0 Å². The van der Waals surface area contributed by atoms with E-state index < -0.39 is 0 Å². The summed E-state index contributed by atoms with van der Waals surface area (Å²) in [6, 6.07) is 2.03. The molecule has 0 aliphatic carbocycles. The van der Waals surface area contributed by atoms with Crippen LogP contribution in [0.25, 0.3) is 11.2 Å². The van der Waals surface area contributed by atoms with Crippen LogP contribution in [0.5, 0.6) is 0 Å². The summed E-state index contributed by atoms with van der Waals surface area (Å²) in [5.74, 6) is 0.793. The van der Waals surface area contributed by atoms with Crippen molar-refractivity contribution in [1.82, 2.24) is 19.5 Å². The van der Waals surface area contributed by atoms with E-state index in [0.29, 0.717) is 18.7 Å². The van der Waals surface area contributed by atoms with Gasteiger partial charge in [-0.2, -0.15) is 4.98 Å². The van der Waals surface area contributed by atoms with E-state index in [2.05, 4.69) is 30.9 Å². The van der Waals surface area contributed by atoms with Crippen molar-refractivity contribution in [1.29, 1.82) is 0 Å². The molecule has 3 N–H and O–H groups in total. The molecule has 0 amide bonds. The number of nitrogens with zero attached hydrogens (tertiary/aromatic N) is 3. The van der Waals surface area contributed by atoms with Gasteiger partial charge < -0.3 is 10.5 Å². The van der Waals surface area contributed by atoms with Gasteiger partial charge in [0.2, 0.25) is 5.95 Å². The number of ether oxygens (including phenoxy) is 1. The highest BCUT2D eigenvalue weighted by Gasteiger charge is 2.16. The lowest BCUT2D eigenvalue weighted by molar-refractivity contribution is 0.0884. The molecule has 0 unspecified atom stereocenters.